The van der Waals surface area contributed by atoms with Crippen LogP contribution in [0.25, 0.3) is 0 Å². The highest BCUT2D eigenvalue weighted by Crippen LogP contribution is 2.29. The van der Waals surface area contributed by atoms with Crippen LogP contribution in [0.4, 0.5) is 11.4 Å². The van der Waals surface area contributed by atoms with E-state index in [0.29, 0.717) is 0 Å². The number of carbonyl (C=O) groups excluding carboxylic acids is 2. The zero-order valence-electron chi connectivity index (χ0n) is 17.0. The van der Waals surface area contributed by atoms with Crippen molar-refractivity contribution in [3.63, 3.8) is 0 Å². The maximum absolute atomic E-state index is 13.1. The average molecular weight is 481 g/mol. The van der Waals surface area contributed by atoms with Gasteiger partial charge in [0, 0.05) is 47.4 Å². The smallest absolute Gasteiger partial charge is 0.282 e. The second-order valence-corrected chi connectivity index (χ2v) is 8.32. The first-order valence-corrected chi connectivity index (χ1v) is 10.3. The van der Waals surface area contributed by atoms with Crippen molar-refractivity contribution < 1.29 is 19.4 Å². The summed E-state index contributed by atoms with van der Waals surface area (Å²) in [7, 11) is 0. The second kappa shape index (κ2) is 9.09. The Morgan fingerprint density at radius 2 is 1.16 bits per heavy atom. The standard InChI is InChI=1S/C20H18Cl2N4O6/c1-11-9-24(20(28)16-8-14(22)4-6-18(16)26(31)32)12(2)10-23(11)19(27)15-7-13(21)3-5-17(15)25(29)30/h3-8,11-12H,9-10H2,1-2H3. The molecule has 0 saturated carbocycles. The van der Waals surface area contributed by atoms with Gasteiger partial charge in [0.1, 0.15) is 11.1 Å². The maximum atomic E-state index is 13.1. The highest BCUT2D eigenvalue weighted by molar-refractivity contribution is 6.31. The number of benzene rings is 2. The summed E-state index contributed by atoms with van der Waals surface area (Å²) in [6.07, 6.45) is 0. The molecule has 2 aromatic rings. The van der Waals surface area contributed by atoms with Gasteiger partial charge in [-0.05, 0) is 38.1 Å². The van der Waals surface area contributed by atoms with Gasteiger partial charge in [0.2, 0.25) is 0 Å². The van der Waals surface area contributed by atoms with E-state index in [1.54, 1.807) is 13.8 Å². The van der Waals surface area contributed by atoms with Crippen LogP contribution in [0.3, 0.4) is 0 Å². The number of nitrogens with zero attached hydrogens (tertiary/aromatic N) is 4. The molecular formula is C20H18Cl2N4O6. The number of amides is 2. The van der Waals surface area contributed by atoms with Gasteiger partial charge in [-0.15, -0.1) is 0 Å². The number of piperazine rings is 1. The third-order valence-corrected chi connectivity index (χ3v) is 5.75. The highest BCUT2D eigenvalue weighted by atomic mass is 35.5. The van der Waals surface area contributed by atoms with E-state index in [0.717, 1.165) is 0 Å². The molecule has 2 atom stereocenters. The molecule has 1 aliphatic heterocycles. The Kier molecular flexibility index (Phi) is 6.65. The number of rotatable bonds is 4. The molecule has 0 spiro atoms. The summed E-state index contributed by atoms with van der Waals surface area (Å²) >= 11 is 11.9. The van der Waals surface area contributed by atoms with Crippen LogP contribution in [0.5, 0.6) is 0 Å². The van der Waals surface area contributed by atoms with Gasteiger partial charge in [-0.25, -0.2) is 0 Å². The van der Waals surface area contributed by atoms with Crippen LogP contribution in [-0.2, 0) is 0 Å². The summed E-state index contributed by atoms with van der Waals surface area (Å²) in [6, 6.07) is 6.45. The first-order valence-electron chi connectivity index (χ1n) is 9.51. The summed E-state index contributed by atoms with van der Waals surface area (Å²) in [5.41, 5.74) is -1.03. The Morgan fingerprint density at radius 3 is 1.47 bits per heavy atom. The quantitative estimate of drug-likeness (QED) is 0.476. The van der Waals surface area contributed by atoms with Crippen molar-refractivity contribution >= 4 is 46.4 Å². The van der Waals surface area contributed by atoms with Crippen LogP contribution in [-0.4, -0.2) is 56.6 Å². The van der Waals surface area contributed by atoms with Gasteiger partial charge in [-0.2, -0.15) is 0 Å². The van der Waals surface area contributed by atoms with Crippen LogP contribution < -0.4 is 0 Å². The maximum Gasteiger partial charge on any atom is 0.282 e. The minimum atomic E-state index is -0.657. The van der Waals surface area contributed by atoms with Gasteiger partial charge in [0.15, 0.2) is 0 Å². The summed E-state index contributed by atoms with van der Waals surface area (Å²) in [6.45, 7) is 3.52. The summed E-state index contributed by atoms with van der Waals surface area (Å²) in [5.74, 6) is -1.17. The number of hydrogen-bond donors (Lipinski definition) is 0. The monoisotopic (exact) mass is 480 g/mol. The van der Waals surface area contributed by atoms with Gasteiger partial charge in [0.05, 0.1) is 9.85 Å². The third-order valence-electron chi connectivity index (χ3n) is 5.28. The molecule has 10 nitrogen and oxygen atoms in total. The van der Waals surface area contributed by atoms with Gasteiger partial charge in [0.25, 0.3) is 23.2 Å². The zero-order valence-corrected chi connectivity index (χ0v) is 18.5. The van der Waals surface area contributed by atoms with Crippen molar-refractivity contribution in [1.82, 2.24) is 9.80 Å². The number of halogens is 2. The number of nitro groups is 2. The molecule has 2 unspecified atom stereocenters. The summed E-state index contributed by atoms with van der Waals surface area (Å²) in [4.78, 5) is 50.5. The Balaban J connectivity index is 1.88. The molecule has 0 radical (unpaired) electrons. The SMILES string of the molecule is CC1CN(C(=O)c2cc(Cl)ccc2[N+](=O)[O-])C(C)CN1C(=O)c1cc(Cl)ccc1[N+](=O)[O-]. The number of hydrogen-bond acceptors (Lipinski definition) is 6. The summed E-state index contributed by atoms with van der Waals surface area (Å²) < 4.78 is 0. The van der Waals surface area contributed by atoms with Crippen molar-refractivity contribution in [2.24, 2.45) is 0 Å². The molecule has 32 heavy (non-hydrogen) atoms. The fourth-order valence-corrected chi connectivity index (χ4v) is 4.02. The second-order valence-electron chi connectivity index (χ2n) is 7.45. The molecule has 0 N–H and O–H groups in total. The minimum absolute atomic E-state index is 0.0732. The molecule has 3 rings (SSSR count). The van der Waals surface area contributed by atoms with E-state index in [1.807, 2.05) is 0 Å². The Labute approximate surface area is 192 Å². The molecule has 0 aromatic heterocycles. The van der Waals surface area contributed by atoms with Crippen LogP contribution >= 0.6 is 23.2 Å². The molecule has 1 saturated heterocycles. The molecule has 0 aliphatic carbocycles. The Morgan fingerprint density at radius 1 is 0.812 bits per heavy atom. The van der Waals surface area contributed by atoms with Crippen LogP contribution in [0.1, 0.15) is 34.6 Å². The third kappa shape index (κ3) is 4.51. The first-order chi connectivity index (χ1) is 15.0. The highest BCUT2D eigenvalue weighted by Gasteiger charge is 2.38. The van der Waals surface area contributed by atoms with Crippen molar-refractivity contribution in [3.05, 3.63) is 77.8 Å². The molecule has 1 heterocycles. The summed E-state index contributed by atoms with van der Waals surface area (Å²) in [5, 5.41) is 23.1. The first kappa shape index (κ1) is 23.4. The molecule has 0 bridgehead atoms. The van der Waals surface area contributed by atoms with E-state index in [-0.39, 0.29) is 45.6 Å². The normalized spacial score (nSPS) is 18.4. The van der Waals surface area contributed by atoms with E-state index in [1.165, 1.54) is 46.2 Å². The molecule has 1 aliphatic rings. The van der Waals surface area contributed by atoms with Crippen molar-refractivity contribution in [2.75, 3.05) is 13.1 Å². The van der Waals surface area contributed by atoms with Crippen LogP contribution in [0, 0.1) is 20.2 Å². The molecule has 2 amide bonds. The van der Waals surface area contributed by atoms with Gasteiger partial charge in [-0.1, -0.05) is 23.2 Å². The topological polar surface area (TPSA) is 127 Å². The largest absolute Gasteiger partial charge is 0.332 e. The van der Waals surface area contributed by atoms with Crippen molar-refractivity contribution in [1.29, 1.82) is 0 Å². The fraction of sp³-hybridized carbons (Fsp3) is 0.300. The van der Waals surface area contributed by atoms with Gasteiger partial charge < -0.3 is 9.80 Å². The molecule has 168 valence electrons. The Hall–Kier alpha value is -3.24. The van der Waals surface area contributed by atoms with E-state index in [2.05, 4.69) is 0 Å². The lowest BCUT2D eigenvalue weighted by molar-refractivity contribution is -0.385. The lowest BCUT2D eigenvalue weighted by atomic mass is 10.0. The van der Waals surface area contributed by atoms with Gasteiger partial charge >= 0.3 is 0 Å². The van der Waals surface area contributed by atoms with Crippen molar-refractivity contribution in [3.8, 4) is 0 Å². The predicted octanol–water partition coefficient (Wildman–Crippen LogP) is 4.19. The molecule has 1 fully saturated rings. The minimum Gasteiger partial charge on any atom is -0.332 e. The zero-order chi connectivity index (χ0) is 23.7. The number of carbonyl (C=O) groups is 2. The van der Waals surface area contributed by atoms with E-state index in [9.17, 15) is 29.8 Å². The molecule has 2 aromatic carbocycles. The van der Waals surface area contributed by atoms with E-state index in [4.69, 9.17) is 23.2 Å². The van der Waals surface area contributed by atoms with Gasteiger partial charge in [-0.3, -0.25) is 29.8 Å². The fourth-order valence-electron chi connectivity index (χ4n) is 3.68. The molecule has 12 heteroatoms. The number of nitro benzene ring substituents is 2. The average Bonchev–Trinajstić information content (AvgIpc) is 2.73. The molecular weight excluding hydrogens is 463 g/mol. The van der Waals surface area contributed by atoms with Crippen LogP contribution in [0.2, 0.25) is 10.0 Å². The predicted molar refractivity (Wildman–Crippen MR) is 117 cm³/mol. The Bertz CT molecular complexity index is 1040. The van der Waals surface area contributed by atoms with Crippen LogP contribution in [0.15, 0.2) is 36.4 Å². The lowest BCUT2D eigenvalue weighted by Gasteiger charge is -2.44. The van der Waals surface area contributed by atoms with Crippen molar-refractivity contribution in [2.45, 2.75) is 25.9 Å². The van der Waals surface area contributed by atoms with E-state index < -0.39 is 33.7 Å². The lowest BCUT2D eigenvalue weighted by Crippen LogP contribution is -2.59. The van der Waals surface area contributed by atoms with E-state index >= 15 is 0 Å².